The zero-order valence-electron chi connectivity index (χ0n) is 7.83. The highest BCUT2D eigenvalue weighted by Gasteiger charge is 2.11. The van der Waals surface area contributed by atoms with Gasteiger partial charge in [0.15, 0.2) is 0 Å². The van der Waals surface area contributed by atoms with Gasteiger partial charge in [-0.15, -0.1) is 0 Å². The van der Waals surface area contributed by atoms with E-state index in [1.807, 2.05) is 24.3 Å². The quantitative estimate of drug-likeness (QED) is 0.567. The number of furan rings is 1. The van der Waals surface area contributed by atoms with E-state index in [-0.39, 0.29) is 5.69 Å². The number of hydrogen-bond donors (Lipinski definition) is 1. The normalized spacial score (nSPS) is 11.3. The third kappa shape index (κ3) is 1.03. The summed E-state index contributed by atoms with van der Waals surface area (Å²) in [5.74, 6) is -0.408. The molecule has 2 aromatic carbocycles. The Balaban J connectivity index is 2.63. The topological polar surface area (TPSA) is 39.2 Å². The predicted molar refractivity (Wildman–Crippen MR) is 58.1 cm³/mol. The number of benzene rings is 2. The molecular weight excluding hydrogens is 193 g/mol. The van der Waals surface area contributed by atoms with Crippen molar-refractivity contribution < 1.29 is 8.81 Å². The van der Waals surface area contributed by atoms with Gasteiger partial charge >= 0.3 is 0 Å². The first kappa shape index (κ1) is 8.29. The lowest BCUT2D eigenvalue weighted by molar-refractivity contribution is 0.630. The van der Waals surface area contributed by atoms with Gasteiger partial charge in [-0.3, -0.25) is 0 Å². The lowest BCUT2D eigenvalue weighted by atomic mass is 10.1. The average Bonchev–Trinajstić information content (AvgIpc) is 2.62. The minimum absolute atomic E-state index is 0.150. The largest absolute Gasteiger partial charge is 0.456 e. The first-order valence-electron chi connectivity index (χ1n) is 4.62. The van der Waals surface area contributed by atoms with Gasteiger partial charge in [0.05, 0.1) is 11.1 Å². The Kier molecular flexibility index (Phi) is 1.51. The van der Waals surface area contributed by atoms with Crippen LogP contribution in [0.15, 0.2) is 40.8 Å². The molecule has 0 amide bonds. The van der Waals surface area contributed by atoms with Crippen LogP contribution in [-0.4, -0.2) is 0 Å². The maximum atomic E-state index is 13.3. The molecule has 3 rings (SSSR count). The summed E-state index contributed by atoms with van der Waals surface area (Å²) in [5.41, 5.74) is 7.19. The van der Waals surface area contributed by atoms with Crippen LogP contribution in [0, 0.1) is 5.82 Å². The van der Waals surface area contributed by atoms with Gasteiger partial charge in [-0.05, 0) is 18.2 Å². The summed E-state index contributed by atoms with van der Waals surface area (Å²) in [6, 6.07) is 10.4. The summed E-state index contributed by atoms with van der Waals surface area (Å²) in [7, 11) is 0. The highest BCUT2D eigenvalue weighted by atomic mass is 19.1. The molecule has 0 aliphatic rings. The highest BCUT2D eigenvalue weighted by Crippen LogP contribution is 2.33. The van der Waals surface area contributed by atoms with Gasteiger partial charge in [0, 0.05) is 5.39 Å². The minimum Gasteiger partial charge on any atom is -0.456 e. The molecule has 15 heavy (non-hydrogen) atoms. The Morgan fingerprint density at radius 3 is 2.67 bits per heavy atom. The zero-order chi connectivity index (χ0) is 10.4. The first-order valence-corrected chi connectivity index (χ1v) is 4.62. The molecule has 0 aliphatic heterocycles. The second kappa shape index (κ2) is 2.73. The first-order chi connectivity index (χ1) is 7.27. The van der Waals surface area contributed by atoms with Crippen molar-refractivity contribution in [2.45, 2.75) is 0 Å². The summed E-state index contributed by atoms with van der Waals surface area (Å²) in [6.07, 6.45) is 0. The molecule has 1 heterocycles. The number of fused-ring (bicyclic) bond motifs is 3. The number of halogens is 1. The van der Waals surface area contributed by atoms with Gasteiger partial charge < -0.3 is 10.2 Å². The van der Waals surface area contributed by atoms with Gasteiger partial charge in [0.25, 0.3) is 0 Å². The second-order valence-electron chi connectivity index (χ2n) is 3.43. The molecule has 0 atom stereocenters. The Labute approximate surface area is 85.1 Å². The van der Waals surface area contributed by atoms with Crippen LogP contribution < -0.4 is 5.73 Å². The molecule has 0 saturated heterocycles. The smallest absolute Gasteiger partial charge is 0.146 e. The van der Waals surface area contributed by atoms with E-state index in [0.717, 1.165) is 11.0 Å². The molecular formula is C12H8FNO. The predicted octanol–water partition coefficient (Wildman–Crippen LogP) is 3.31. The fourth-order valence-corrected chi connectivity index (χ4v) is 1.82. The van der Waals surface area contributed by atoms with E-state index in [4.69, 9.17) is 10.2 Å². The summed E-state index contributed by atoms with van der Waals surface area (Å²) in [5, 5.41) is 1.51. The molecule has 1 aromatic heterocycles. The van der Waals surface area contributed by atoms with Crippen LogP contribution in [0.25, 0.3) is 21.9 Å². The molecule has 0 spiro atoms. The average molecular weight is 201 g/mol. The standard InChI is InChI=1S/C12H8FNO/c13-8-5-6-10-11(12(8)14)7-3-1-2-4-9(7)15-10/h1-6H,14H2. The Hall–Kier alpha value is -2.03. The SMILES string of the molecule is Nc1c(F)ccc2oc3ccccc3c12. The maximum absolute atomic E-state index is 13.3. The minimum atomic E-state index is -0.408. The van der Waals surface area contributed by atoms with Gasteiger partial charge in [-0.2, -0.15) is 0 Å². The Morgan fingerprint density at radius 1 is 1.00 bits per heavy atom. The van der Waals surface area contributed by atoms with Crippen molar-refractivity contribution in [3.8, 4) is 0 Å². The van der Waals surface area contributed by atoms with Crippen molar-refractivity contribution in [2.75, 3.05) is 5.73 Å². The number of nitrogens with two attached hydrogens (primary N) is 1. The number of para-hydroxylation sites is 1. The molecule has 3 heteroatoms. The molecule has 0 bridgehead atoms. The summed E-state index contributed by atoms with van der Waals surface area (Å²) < 4.78 is 18.8. The number of nitrogen functional groups attached to an aromatic ring is 1. The van der Waals surface area contributed by atoms with Crippen molar-refractivity contribution in [3.63, 3.8) is 0 Å². The van der Waals surface area contributed by atoms with Crippen LogP contribution in [0.4, 0.5) is 10.1 Å². The summed E-state index contributed by atoms with van der Waals surface area (Å²) >= 11 is 0. The monoisotopic (exact) mass is 201 g/mol. The summed E-state index contributed by atoms with van der Waals surface area (Å²) in [6.45, 7) is 0. The lowest BCUT2D eigenvalue weighted by Crippen LogP contribution is -1.90. The lowest BCUT2D eigenvalue weighted by Gasteiger charge is -1.96. The Morgan fingerprint density at radius 2 is 1.80 bits per heavy atom. The molecule has 0 saturated carbocycles. The second-order valence-corrected chi connectivity index (χ2v) is 3.43. The van der Waals surface area contributed by atoms with Crippen molar-refractivity contribution in [3.05, 3.63) is 42.2 Å². The van der Waals surface area contributed by atoms with E-state index in [0.29, 0.717) is 11.0 Å². The molecule has 0 fully saturated rings. The molecule has 2 N–H and O–H groups in total. The van der Waals surface area contributed by atoms with Gasteiger partial charge in [0.2, 0.25) is 0 Å². The van der Waals surface area contributed by atoms with Crippen LogP contribution in [0.2, 0.25) is 0 Å². The van der Waals surface area contributed by atoms with E-state index in [9.17, 15) is 4.39 Å². The number of hydrogen-bond acceptors (Lipinski definition) is 2. The van der Waals surface area contributed by atoms with E-state index in [2.05, 4.69) is 0 Å². The maximum Gasteiger partial charge on any atom is 0.146 e. The molecule has 2 nitrogen and oxygen atoms in total. The molecule has 0 radical (unpaired) electrons. The third-order valence-corrected chi connectivity index (χ3v) is 2.53. The summed E-state index contributed by atoms with van der Waals surface area (Å²) in [4.78, 5) is 0. The number of anilines is 1. The number of rotatable bonds is 0. The zero-order valence-corrected chi connectivity index (χ0v) is 7.83. The van der Waals surface area contributed by atoms with Crippen molar-refractivity contribution in [1.29, 1.82) is 0 Å². The fourth-order valence-electron chi connectivity index (χ4n) is 1.82. The van der Waals surface area contributed by atoms with Crippen LogP contribution in [0.3, 0.4) is 0 Å². The van der Waals surface area contributed by atoms with Crippen LogP contribution in [-0.2, 0) is 0 Å². The van der Waals surface area contributed by atoms with Crippen LogP contribution in [0.1, 0.15) is 0 Å². The molecule has 74 valence electrons. The van der Waals surface area contributed by atoms with Gasteiger partial charge in [-0.25, -0.2) is 4.39 Å². The highest BCUT2D eigenvalue weighted by molar-refractivity contribution is 6.10. The van der Waals surface area contributed by atoms with Gasteiger partial charge in [-0.1, -0.05) is 18.2 Å². The molecule has 0 unspecified atom stereocenters. The molecule has 0 aliphatic carbocycles. The van der Waals surface area contributed by atoms with E-state index >= 15 is 0 Å². The van der Waals surface area contributed by atoms with Crippen molar-refractivity contribution >= 4 is 27.6 Å². The van der Waals surface area contributed by atoms with Crippen molar-refractivity contribution in [2.24, 2.45) is 0 Å². The molecule has 3 aromatic rings. The third-order valence-electron chi connectivity index (χ3n) is 2.53. The van der Waals surface area contributed by atoms with E-state index in [1.54, 1.807) is 6.07 Å². The Bertz CT molecular complexity index is 657. The fraction of sp³-hybridized carbons (Fsp3) is 0. The van der Waals surface area contributed by atoms with Crippen LogP contribution in [0.5, 0.6) is 0 Å². The van der Waals surface area contributed by atoms with E-state index in [1.165, 1.54) is 6.07 Å². The van der Waals surface area contributed by atoms with Crippen molar-refractivity contribution in [1.82, 2.24) is 0 Å². The van der Waals surface area contributed by atoms with Crippen LogP contribution >= 0.6 is 0 Å². The van der Waals surface area contributed by atoms with E-state index < -0.39 is 5.82 Å². The van der Waals surface area contributed by atoms with Gasteiger partial charge in [0.1, 0.15) is 17.0 Å².